The van der Waals surface area contributed by atoms with Gasteiger partial charge in [-0.3, -0.25) is 0 Å². The molecule has 340 valence electrons. The first kappa shape index (κ1) is 45.7. The molecule has 0 spiro atoms. The van der Waals surface area contributed by atoms with E-state index in [2.05, 4.69) is 0 Å². The fourth-order valence-corrected chi connectivity index (χ4v) is 7.16. The maximum atomic E-state index is 6.49. The van der Waals surface area contributed by atoms with Gasteiger partial charge in [0, 0.05) is 12.1 Å². The summed E-state index contributed by atoms with van der Waals surface area (Å²) < 4.78 is 62.0. The molecule has 0 atom stereocenters. The van der Waals surface area contributed by atoms with Gasteiger partial charge >= 0.3 is 0 Å². The molecule has 0 aromatic heterocycles. The fourth-order valence-electron chi connectivity index (χ4n) is 7.16. The van der Waals surface area contributed by atoms with Gasteiger partial charge in [0.1, 0.15) is 62.6 Å². The van der Waals surface area contributed by atoms with E-state index in [4.69, 9.17) is 47.4 Å². The highest BCUT2D eigenvalue weighted by atomic mass is 16.6. The Hall–Kier alpha value is -6.82. The quantitative estimate of drug-likeness (QED) is 0.0737. The van der Waals surface area contributed by atoms with E-state index in [-0.39, 0.29) is 13.2 Å². The lowest BCUT2D eigenvalue weighted by Gasteiger charge is -2.19. The molecule has 0 N–H and O–H groups in total. The van der Waals surface area contributed by atoms with Crippen molar-refractivity contribution in [1.29, 1.82) is 0 Å². The Balaban J connectivity index is 0.995. The van der Waals surface area contributed by atoms with Crippen LogP contribution in [0, 0.1) is 0 Å². The molecule has 0 saturated carbocycles. The molecule has 10 heteroatoms. The molecule has 8 rings (SSSR count). The Bertz CT molecular complexity index is 2200. The van der Waals surface area contributed by atoms with Gasteiger partial charge in [-0.05, 0) is 80.9 Å². The second kappa shape index (κ2) is 25.0. The van der Waals surface area contributed by atoms with Gasteiger partial charge in [0.05, 0.1) is 52.9 Å². The van der Waals surface area contributed by atoms with Gasteiger partial charge < -0.3 is 47.4 Å². The molecule has 0 saturated heterocycles. The van der Waals surface area contributed by atoms with E-state index in [0.29, 0.717) is 114 Å². The molecule has 7 aromatic carbocycles. The summed E-state index contributed by atoms with van der Waals surface area (Å²) in [4.78, 5) is 0. The van der Waals surface area contributed by atoms with E-state index in [9.17, 15) is 0 Å². The van der Waals surface area contributed by atoms with Gasteiger partial charge in [-0.1, -0.05) is 121 Å². The van der Waals surface area contributed by atoms with Crippen LogP contribution in [0.25, 0.3) is 0 Å². The summed E-state index contributed by atoms with van der Waals surface area (Å²) in [6.45, 7) is 5.36. The molecule has 1 aliphatic rings. The van der Waals surface area contributed by atoms with E-state index < -0.39 is 0 Å². The van der Waals surface area contributed by atoms with Crippen LogP contribution in [0.1, 0.15) is 44.5 Å². The minimum Gasteiger partial charge on any atom is -0.489 e. The second-order valence-corrected chi connectivity index (χ2v) is 15.7. The Kier molecular flexibility index (Phi) is 17.3. The minimum atomic E-state index is 0.268. The Morgan fingerprint density at radius 1 is 0.288 bits per heavy atom. The van der Waals surface area contributed by atoms with Crippen molar-refractivity contribution in [2.45, 2.75) is 52.9 Å². The van der Waals surface area contributed by atoms with Gasteiger partial charge in [0.15, 0.2) is 11.5 Å². The van der Waals surface area contributed by atoms with Crippen molar-refractivity contribution in [2.24, 2.45) is 0 Å². The highest BCUT2D eigenvalue weighted by Crippen LogP contribution is 2.34. The Labute approximate surface area is 387 Å². The fraction of sp³-hybridized carbons (Fsp3) is 0.250. The normalized spacial score (nSPS) is 12.9. The first-order chi connectivity index (χ1) is 32.7. The lowest BCUT2D eigenvalue weighted by molar-refractivity contribution is 0.0221. The molecule has 0 bridgehead atoms. The average molecular weight is 889 g/mol. The predicted octanol–water partition coefficient (Wildman–Crippen LogP) is 11.2. The summed E-state index contributed by atoms with van der Waals surface area (Å²) in [5.41, 5.74) is 7.89. The molecular weight excluding hydrogens is 833 g/mol. The van der Waals surface area contributed by atoms with Crippen LogP contribution < -0.4 is 28.4 Å². The standard InChI is InChI=1S/C56H56O10/c1-5-13-43(14-6-1)37-63-51-27-47(28-52(33-51)64-38-44-15-7-2-8-16-44)35-59-41-49-31-55-56(62-26-24-58-22-21-57-23-25-61-55)32-50(49)42-60-36-48-29-53(65-39-45-17-9-3-10-18-45)34-54(30-48)66-40-46-19-11-4-12-20-46/h1-20,27-34H,21-26,35-42H2. The van der Waals surface area contributed by atoms with E-state index in [1.165, 1.54) is 0 Å². The van der Waals surface area contributed by atoms with Crippen molar-refractivity contribution in [3.05, 3.63) is 214 Å². The topological polar surface area (TPSA) is 92.3 Å². The third-order valence-electron chi connectivity index (χ3n) is 10.5. The SMILES string of the molecule is c1ccc(COc2cc(COCc3cc4c(cc3COCc3cc(OCc5ccccc5)cc(OCc5ccccc5)c3)OCCOCCOCCO4)cc(OCc3ccccc3)c2)cc1. The van der Waals surface area contributed by atoms with Crippen LogP contribution in [0.2, 0.25) is 0 Å². The molecule has 0 fully saturated rings. The minimum absolute atomic E-state index is 0.268. The number of hydrogen-bond donors (Lipinski definition) is 0. The summed E-state index contributed by atoms with van der Waals surface area (Å²) >= 11 is 0. The third kappa shape index (κ3) is 14.9. The van der Waals surface area contributed by atoms with Gasteiger partial charge in [-0.15, -0.1) is 0 Å². The van der Waals surface area contributed by atoms with Crippen molar-refractivity contribution in [2.75, 3.05) is 39.6 Å². The summed E-state index contributed by atoms with van der Waals surface area (Å²) in [5.74, 6) is 3.96. The zero-order valence-corrected chi connectivity index (χ0v) is 37.1. The molecule has 10 nitrogen and oxygen atoms in total. The van der Waals surface area contributed by atoms with Crippen molar-refractivity contribution < 1.29 is 47.4 Å². The molecule has 66 heavy (non-hydrogen) atoms. The van der Waals surface area contributed by atoms with Crippen molar-refractivity contribution in [3.8, 4) is 34.5 Å². The zero-order chi connectivity index (χ0) is 44.9. The van der Waals surface area contributed by atoms with Gasteiger partial charge in [-0.2, -0.15) is 0 Å². The first-order valence-electron chi connectivity index (χ1n) is 22.4. The number of hydrogen-bond acceptors (Lipinski definition) is 10. The van der Waals surface area contributed by atoms with Gasteiger partial charge in [0.25, 0.3) is 0 Å². The van der Waals surface area contributed by atoms with Crippen molar-refractivity contribution in [3.63, 3.8) is 0 Å². The first-order valence-corrected chi connectivity index (χ1v) is 22.4. The van der Waals surface area contributed by atoms with Crippen molar-refractivity contribution >= 4 is 0 Å². The third-order valence-corrected chi connectivity index (χ3v) is 10.5. The van der Waals surface area contributed by atoms with Crippen LogP contribution in [-0.4, -0.2) is 39.6 Å². The summed E-state index contributed by atoms with van der Waals surface area (Å²) in [6.07, 6.45) is 0. The lowest BCUT2D eigenvalue weighted by atomic mass is 10.1. The smallest absolute Gasteiger partial charge is 0.161 e. The number of rotatable bonds is 20. The van der Waals surface area contributed by atoms with Crippen LogP contribution in [0.4, 0.5) is 0 Å². The maximum Gasteiger partial charge on any atom is 0.161 e. The van der Waals surface area contributed by atoms with E-state index in [1.54, 1.807) is 0 Å². The zero-order valence-electron chi connectivity index (χ0n) is 37.1. The number of fused-ring (bicyclic) bond motifs is 1. The molecular formula is C56H56O10. The Morgan fingerprint density at radius 2 is 0.591 bits per heavy atom. The molecule has 1 heterocycles. The predicted molar refractivity (Wildman–Crippen MR) is 252 cm³/mol. The molecule has 0 unspecified atom stereocenters. The average Bonchev–Trinajstić information content (AvgIpc) is 3.36. The molecule has 0 amide bonds. The number of ether oxygens (including phenoxy) is 10. The van der Waals surface area contributed by atoms with Gasteiger partial charge in [-0.25, -0.2) is 0 Å². The molecule has 0 radical (unpaired) electrons. The highest BCUT2D eigenvalue weighted by Gasteiger charge is 2.16. The van der Waals surface area contributed by atoms with E-state index >= 15 is 0 Å². The van der Waals surface area contributed by atoms with Gasteiger partial charge in [0.2, 0.25) is 0 Å². The van der Waals surface area contributed by atoms with Crippen LogP contribution >= 0.6 is 0 Å². The van der Waals surface area contributed by atoms with Crippen LogP contribution in [0.3, 0.4) is 0 Å². The highest BCUT2D eigenvalue weighted by molar-refractivity contribution is 5.48. The van der Waals surface area contributed by atoms with Crippen LogP contribution in [-0.2, 0) is 71.8 Å². The number of benzene rings is 7. The molecule has 1 aliphatic heterocycles. The lowest BCUT2D eigenvalue weighted by Crippen LogP contribution is -2.16. The summed E-state index contributed by atoms with van der Waals surface area (Å²) in [5, 5.41) is 0. The van der Waals surface area contributed by atoms with Crippen molar-refractivity contribution in [1.82, 2.24) is 0 Å². The maximum absolute atomic E-state index is 6.49. The summed E-state index contributed by atoms with van der Waals surface area (Å²) in [7, 11) is 0. The Morgan fingerprint density at radius 3 is 0.909 bits per heavy atom. The monoisotopic (exact) mass is 888 g/mol. The van der Waals surface area contributed by atoms with Crippen LogP contribution in [0.5, 0.6) is 34.5 Å². The largest absolute Gasteiger partial charge is 0.489 e. The van der Waals surface area contributed by atoms with E-state index in [1.807, 2.05) is 170 Å². The summed E-state index contributed by atoms with van der Waals surface area (Å²) in [6, 6.07) is 56.2. The van der Waals surface area contributed by atoms with Crippen LogP contribution in [0.15, 0.2) is 170 Å². The second-order valence-electron chi connectivity index (χ2n) is 15.7. The molecule has 0 aliphatic carbocycles. The molecule has 7 aromatic rings. The van der Waals surface area contributed by atoms with E-state index in [0.717, 1.165) is 44.5 Å².